The maximum atomic E-state index is 13.6. The van der Waals surface area contributed by atoms with Crippen molar-refractivity contribution in [2.45, 2.75) is 25.3 Å². The molecule has 0 atom stereocenters. The molecule has 1 aliphatic heterocycles. The van der Waals surface area contributed by atoms with Gasteiger partial charge >= 0.3 is 0 Å². The molecule has 7 heteroatoms. The number of carbonyl (C=O) groups is 1. The molecule has 0 N–H and O–H groups in total. The van der Waals surface area contributed by atoms with Crippen LogP contribution in [0.25, 0.3) is 6.08 Å². The highest BCUT2D eigenvalue weighted by atomic mass is 32.2. The Morgan fingerprint density at radius 2 is 1.57 bits per heavy atom. The summed E-state index contributed by atoms with van der Waals surface area (Å²) in [6.07, 6.45) is 4.25. The average Bonchev–Trinajstić information content (AvgIpc) is 2.89. The first kappa shape index (κ1) is 26.8. The van der Waals surface area contributed by atoms with E-state index in [0.29, 0.717) is 13.1 Å². The number of carbonyl (C=O) groups excluding carboxylic acids is 1. The second-order valence-electron chi connectivity index (χ2n) is 9.57. The average molecular weight is 518 g/mol. The van der Waals surface area contributed by atoms with Crippen LogP contribution in [0.3, 0.4) is 0 Å². The highest BCUT2D eigenvalue weighted by Crippen LogP contribution is 2.20. The van der Waals surface area contributed by atoms with Crippen molar-refractivity contribution in [3.05, 3.63) is 107 Å². The first-order chi connectivity index (χ1) is 17.8. The van der Waals surface area contributed by atoms with Gasteiger partial charge in [-0.1, -0.05) is 90.0 Å². The van der Waals surface area contributed by atoms with E-state index >= 15 is 0 Å². The standard InChI is InChI=1S/C30H35N3O3S/c1-25-13-15-29(16-14-25)37(35,36)33(23-28-11-6-8-26(2)22-28)24-30(34)32-20-18-31(19-21-32)17-7-12-27-9-4-3-5-10-27/h3-16,22H,17-21,23-24H2,1-2H3/b12-7+. The Kier molecular flexibility index (Phi) is 8.92. The van der Waals surface area contributed by atoms with E-state index < -0.39 is 10.0 Å². The van der Waals surface area contributed by atoms with E-state index in [1.54, 1.807) is 29.2 Å². The van der Waals surface area contributed by atoms with Gasteiger partial charge in [0.1, 0.15) is 0 Å². The highest BCUT2D eigenvalue weighted by Gasteiger charge is 2.30. The van der Waals surface area contributed by atoms with Crippen molar-refractivity contribution in [1.29, 1.82) is 0 Å². The Labute approximate surface area is 220 Å². The molecule has 0 radical (unpaired) electrons. The second-order valence-corrected chi connectivity index (χ2v) is 11.5. The van der Waals surface area contributed by atoms with Gasteiger partial charge in [0.25, 0.3) is 0 Å². The van der Waals surface area contributed by atoms with Crippen molar-refractivity contribution in [2.24, 2.45) is 0 Å². The van der Waals surface area contributed by atoms with Crippen LogP contribution in [0.4, 0.5) is 0 Å². The number of nitrogens with zero attached hydrogens (tertiary/aromatic N) is 3. The third-order valence-corrected chi connectivity index (χ3v) is 8.42. The predicted octanol–water partition coefficient (Wildman–Crippen LogP) is 4.35. The molecule has 3 aromatic rings. The van der Waals surface area contributed by atoms with Crippen LogP contribution in [0.5, 0.6) is 0 Å². The van der Waals surface area contributed by atoms with Crippen molar-refractivity contribution in [3.63, 3.8) is 0 Å². The highest BCUT2D eigenvalue weighted by molar-refractivity contribution is 7.89. The van der Waals surface area contributed by atoms with Gasteiger partial charge in [-0.3, -0.25) is 9.69 Å². The molecule has 1 fully saturated rings. The van der Waals surface area contributed by atoms with Gasteiger partial charge in [0.15, 0.2) is 0 Å². The van der Waals surface area contributed by atoms with E-state index in [9.17, 15) is 13.2 Å². The smallest absolute Gasteiger partial charge is 0.243 e. The van der Waals surface area contributed by atoms with Crippen LogP contribution < -0.4 is 0 Å². The summed E-state index contributed by atoms with van der Waals surface area (Å²) >= 11 is 0. The number of sulfonamides is 1. The quantitative estimate of drug-likeness (QED) is 0.423. The third-order valence-electron chi connectivity index (χ3n) is 6.61. The van der Waals surface area contributed by atoms with E-state index in [1.165, 1.54) is 9.87 Å². The zero-order chi connectivity index (χ0) is 26.3. The number of rotatable bonds is 9. The topological polar surface area (TPSA) is 60.9 Å². The fourth-order valence-electron chi connectivity index (χ4n) is 4.43. The lowest BCUT2D eigenvalue weighted by Crippen LogP contribution is -2.51. The minimum Gasteiger partial charge on any atom is -0.339 e. The van der Waals surface area contributed by atoms with E-state index in [-0.39, 0.29) is 23.9 Å². The van der Waals surface area contributed by atoms with Gasteiger partial charge in [-0.2, -0.15) is 4.31 Å². The molecular formula is C30H35N3O3S. The van der Waals surface area contributed by atoms with Crippen molar-refractivity contribution >= 4 is 22.0 Å². The molecule has 1 heterocycles. The number of benzene rings is 3. The lowest BCUT2D eigenvalue weighted by atomic mass is 10.1. The molecule has 1 aliphatic rings. The van der Waals surface area contributed by atoms with Gasteiger partial charge in [0, 0.05) is 39.3 Å². The van der Waals surface area contributed by atoms with Crippen LogP contribution in [-0.4, -0.2) is 67.7 Å². The molecule has 1 amide bonds. The Hall–Kier alpha value is -3.26. The molecule has 0 bridgehead atoms. The fourth-order valence-corrected chi connectivity index (χ4v) is 5.81. The summed E-state index contributed by atoms with van der Waals surface area (Å²) in [4.78, 5) is 17.6. The van der Waals surface area contributed by atoms with Gasteiger partial charge in [-0.15, -0.1) is 0 Å². The lowest BCUT2D eigenvalue weighted by Gasteiger charge is -2.35. The van der Waals surface area contributed by atoms with Gasteiger partial charge in [0.2, 0.25) is 15.9 Å². The first-order valence-electron chi connectivity index (χ1n) is 12.7. The monoisotopic (exact) mass is 517 g/mol. The van der Waals surface area contributed by atoms with Crippen LogP contribution in [0, 0.1) is 13.8 Å². The molecule has 0 aliphatic carbocycles. The Balaban J connectivity index is 1.41. The van der Waals surface area contributed by atoms with Crippen molar-refractivity contribution in [2.75, 3.05) is 39.3 Å². The normalized spacial score (nSPS) is 14.9. The summed E-state index contributed by atoms with van der Waals surface area (Å²) in [5.74, 6) is -0.164. The fraction of sp³-hybridized carbons (Fsp3) is 0.300. The minimum atomic E-state index is -3.85. The number of piperazine rings is 1. The molecular weight excluding hydrogens is 482 g/mol. The Morgan fingerprint density at radius 1 is 0.865 bits per heavy atom. The molecule has 0 spiro atoms. The number of amides is 1. The maximum absolute atomic E-state index is 13.6. The van der Waals surface area contributed by atoms with Gasteiger partial charge in [-0.05, 0) is 37.1 Å². The van der Waals surface area contributed by atoms with Crippen LogP contribution in [0.1, 0.15) is 22.3 Å². The van der Waals surface area contributed by atoms with Crippen molar-refractivity contribution < 1.29 is 13.2 Å². The summed E-state index contributed by atoms with van der Waals surface area (Å²) in [5, 5.41) is 0. The number of aryl methyl sites for hydroxylation is 2. The second kappa shape index (κ2) is 12.3. The molecule has 194 valence electrons. The van der Waals surface area contributed by atoms with Crippen LogP contribution >= 0.6 is 0 Å². The zero-order valence-electron chi connectivity index (χ0n) is 21.6. The molecule has 4 rings (SSSR count). The zero-order valence-corrected chi connectivity index (χ0v) is 22.4. The summed E-state index contributed by atoms with van der Waals surface area (Å²) in [7, 11) is -3.85. The molecule has 1 saturated heterocycles. The molecule has 0 saturated carbocycles. The van der Waals surface area contributed by atoms with Crippen molar-refractivity contribution in [1.82, 2.24) is 14.1 Å². The molecule has 0 aromatic heterocycles. The molecule has 6 nitrogen and oxygen atoms in total. The molecule has 0 unspecified atom stereocenters. The minimum absolute atomic E-state index is 0.147. The molecule has 3 aromatic carbocycles. The summed E-state index contributed by atoms with van der Waals surface area (Å²) in [5.41, 5.74) is 4.06. The van der Waals surface area contributed by atoms with Crippen LogP contribution in [-0.2, 0) is 21.4 Å². The van der Waals surface area contributed by atoms with E-state index in [2.05, 4.69) is 29.2 Å². The third kappa shape index (κ3) is 7.38. The summed E-state index contributed by atoms with van der Waals surface area (Å²) < 4.78 is 28.5. The van der Waals surface area contributed by atoms with Gasteiger partial charge in [-0.25, -0.2) is 8.42 Å². The van der Waals surface area contributed by atoms with E-state index in [4.69, 9.17) is 0 Å². The van der Waals surface area contributed by atoms with Crippen molar-refractivity contribution in [3.8, 4) is 0 Å². The van der Waals surface area contributed by atoms with Gasteiger partial charge < -0.3 is 4.90 Å². The van der Waals surface area contributed by atoms with Crippen LogP contribution in [0.15, 0.2) is 89.8 Å². The van der Waals surface area contributed by atoms with E-state index in [0.717, 1.165) is 36.3 Å². The number of hydrogen-bond acceptors (Lipinski definition) is 4. The predicted molar refractivity (Wildman–Crippen MR) is 148 cm³/mol. The molecule has 37 heavy (non-hydrogen) atoms. The largest absolute Gasteiger partial charge is 0.339 e. The Bertz CT molecular complexity index is 1310. The lowest BCUT2D eigenvalue weighted by molar-refractivity contribution is -0.133. The van der Waals surface area contributed by atoms with E-state index in [1.807, 2.05) is 56.3 Å². The SMILES string of the molecule is Cc1ccc(S(=O)(=O)N(CC(=O)N2CCN(C/C=C/c3ccccc3)CC2)Cc2cccc(C)c2)cc1. The summed E-state index contributed by atoms with van der Waals surface area (Å²) in [6, 6.07) is 24.7. The first-order valence-corrected chi connectivity index (χ1v) is 14.1. The number of hydrogen-bond donors (Lipinski definition) is 0. The maximum Gasteiger partial charge on any atom is 0.243 e. The van der Waals surface area contributed by atoms with Gasteiger partial charge in [0.05, 0.1) is 11.4 Å². The Morgan fingerprint density at radius 3 is 2.24 bits per heavy atom. The van der Waals surface area contributed by atoms with Crippen LogP contribution in [0.2, 0.25) is 0 Å². The summed E-state index contributed by atoms with van der Waals surface area (Å²) in [6.45, 7) is 7.36.